The number of nitrogens with one attached hydrogen (secondary N) is 1. The first-order chi connectivity index (χ1) is 11.4. The molecule has 0 aliphatic carbocycles. The molecule has 0 unspecified atom stereocenters. The Morgan fingerprint density at radius 3 is 2.62 bits per heavy atom. The van der Waals surface area contributed by atoms with Gasteiger partial charge in [-0.25, -0.2) is 0 Å². The molecule has 1 saturated heterocycles. The monoisotopic (exact) mass is 329 g/mol. The van der Waals surface area contributed by atoms with Crippen molar-refractivity contribution in [2.45, 2.75) is 19.7 Å². The molecule has 1 fully saturated rings. The predicted molar refractivity (Wildman–Crippen MR) is 85.0 cm³/mol. The number of imide groups is 1. The summed E-state index contributed by atoms with van der Waals surface area (Å²) in [4.78, 5) is 43.8. The second-order valence-corrected chi connectivity index (χ2v) is 4.96. The number of nitrogens with zero attached hydrogens (tertiary/aromatic N) is 2. The number of hydroxylamine groups is 2. The van der Waals surface area contributed by atoms with Gasteiger partial charge in [-0.3, -0.25) is 0 Å². The molecule has 24 heavy (non-hydrogen) atoms. The van der Waals surface area contributed by atoms with E-state index in [0.29, 0.717) is 17.9 Å². The second-order valence-electron chi connectivity index (χ2n) is 4.96. The number of hydrogen-bond donors (Lipinski definition) is 2. The molecule has 1 heterocycles. The van der Waals surface area contributed by atoms with Gasteiger partial charge in [0.1, 0.15) is 0 Å². The first-order valence-electron chi connectivity index (χ1n) is 7.06. The van der Waals surface area contributed by atoms with Gasteiger partial charge in [0, 0.05) is 0 Å². The molecule has 0 radical (unpaired) electrons. The summed E-state index contributed by atoms with van der Waals surface area (Å²) in [5, 5.41) is 12.5. The Morgan fingerprint density at radius 2 is 2.04 bits per heavy atom. The van der Waals surface area contributed by atoms with E-state index < -0.39 is 24.8 Å². The zero-order chi connectivity index (χ0) is 17.7. The molecule has 2 rings (SSSR count). The van der Waals surface area contributed by atoms with Crippen molar-refractivity contribution in [1.82, 2.24) is 5.06 Å². The van der Waals surface area contributed by atoms with E-state index in [4.69, 9.17) is 4.84 Å². The Bertz CT molecular complexity index is 706. The van der Waals surface area contributed by atoms with Crippen LogP contribution in [0.15, 0.2) is 23.2 Å². The van der Waals surface area contributed by atoms with Crippen LogP contribution in [0.3, 0.4) is 0 Å². The molecule has 0 bridgehead atoms. The molecule has 122 valence electrons. The number of anilines is 1. The molecule has 0 atom stereocenters. The summed E-state index contributed by atoms with van der Waals surface area (Å²) in [6.45, 7) is 1.47. The molecule has 1 aromatic carbocycles. The van der Waals surface area contributed by atoms with Gasteiger partial charge in [0.15, 0.2) is 0 Å². The molecule has 1 aromatic rings. The van der Waals surface area contributed by atoms with Crippen LogP contribution in [0, 0.1) is 0 Å². The summed E-state index contributed by atoms with van der Waals surface area (Å²) in [6.07, 6.45) is 0.972. The first kappa shape index (κ1) is 17.5. The van der Waals surface area contributed by atoms with Crippen LogP contribution < -0.4 is 5.23 Å². The van der Waals surface area contributed by atoms with Crippen molar-refractivity contribution in [2.24, 2.45) is 4.99 Å². The van der Waals surface area contributed by atoms with Crippen LogP contribution in [0.25, 0.3) is 0 Å². The van der Waals surface area contributed by atoms with Gasteiger partial charge in [-0.2, -0.15) is 0 Å². The Kier molecular flexibility index (Phi) is 5.59. The number of rotatable bonds is 6. The van der Waals surface area contributed by atoms with Crippen LogP contribution in [0.2, 0.25) is 6.82 Å². The minimum atomic E-state index is -0.935. The van der Waals surface area contributed by atoms with Crippen molar-refractivity contribution in [2.75, 3.05) is 5.23 Å². The molecule has 9 nitrogen and oxygen atoms in total. The Labute approximate surface area is 138 Å². The van der Waals surface area contributed by atoms with Gasteiger partial charge in [0.05, 0.1) is 0 Å². The van der Waals surface area contributed by atoms with Gasteiger partial charge < -0.3 is 0 Å². The van der Waals surface area contributed by atoms with Crippen LogP contribution in [0.1, 0.15) is 23.2 Å². The van der Waals surface area contributed by atoms with Crippen molar-refractivity contribution >= 4 is 49.5 Å². The van der Waals surface area contributed by atoms with E-state index in [-0.39, 0.29) is 24.1 Å². The second kappa shape index (κ2) is 7.64. The number of carbonyl (C=O) groups excluding carboxylic acids is 3. The minimum absolute atomic E-state index is 0.00815. The predicted octanol–water partition coefficient (Wildman–Crippen LogP) is 0.139. The van der Waals surface area contributed by atoms with Crippen LogP contribution in [-0.2, 0) is 19.1 Å². The number of aliphatic imine (C=N–C) groups is 1. The van der Waals surface area contributed by atoms with E-state index >= 15 is 0 Å². The maximum atomic E-state index is 12.2. The van der Waals surface area contributed by atoms with E-state index in [1.165, 1.54) is 25.0 Å². The molecule has 0 saturated carbocycles. The fourth-order valence-electron chi connectivity index (χ4n) is 2.04. The maximum absolute atomic E-state index is 12.2. The fourth-order valence-corrected chi connectivity index (χ4v) is 2.04. The Balaban J connectivity index is 2.27. The number of benzene rings is 1. The zero-order valence-corrected chi connectivity index (χ0v) is 12.8. The van der Waals surface area contributed by atoms with Crippen molar-refractivity contribution < 1.29 is 28.9 Å². The zero-order valence-electron chi connectivity index (χ0n) is 12.8. The molecule has 2 amide bonds. The molecule has 2 N–H and O–H groups in total. The summed E-state index contributed by atoms with van der Waals surface area (Å²) in [5.74, 6) is -2.12. The molecule has 1 aliphatic rings. The van der Waals surface area contributed by atoms with Gasteiger partial charge >= 0.3 is 137 Å². The SMILES string of the molecule is CB(O)Nc1cc(N=CB=O)cc(C(=O)ON2C(=O)CCC2=O)c1. The van der Waals surface area contributed by atoms with Gasteiger partial charge in [-0.05, 0) is 0 Å². The van der Waals surface area contributed by atoms with Gasteiger partial charge in [-0.1, -0.05) is 0 Å². The van der Waals surface area contributed by atoms with Crippen LogP contribution in [-0.4, -0.2) is 48.2 Å². The molecular formula is C13H13B2N3O6. The van der Waals surface area contributed by atoms with E-state index in [2.05, 4.69) is 10.2 Å². The molecule has 0 aromatic heterocycles. The van der Waals surface area contributed by atoms with Crippen LogP contribution in [0.5, 0.6) is 0 Å². The Hall–Kier alpha value is -2.81. The van der Waals surface area contributed by atoms with Gasteiger partial charge in [0.25, 0.3) is 0 Å². The third-order valence-corrected chi connectivity index (χ3v) is 2.99. The number of amides is 2. The van der Waals surface area contributed by atoms with E-state index in [0.717, 1.165) is 6.11 Å². The number of carbonyl (C=O) groups is 3. The van der Waals surface area contributed by atoms with Crippen molar-refractivity contribution in [3.05, 3.63) is 23.8 Å². The third kappa shape index (κ3) is 4.35. The summed E-state index contributed by atoms with van der Waals surface area (Å²) in [6, 6.07) is 4.18. The molecule has 11 heteroatoms. The van der Waals surface area contributed by atoms with Gasteiger partial charge in [0.2, 0.25) is 0 Å². The van der Waals surface area contributed by atoms with Crippen LogP contribution >= 0.6 is 0 Å². The van der Waals surface area contributed by atoms with E-state index in [1.54, 1.807) is 0 Å². The molecule has 1 aliphatic heterocycles. The third-order valence-electron chi connectivity index (χ3n) is 2.99. The average Bonchev–Trinajstić information content (AvgIpc) is 2.84. The van der Waals surface area contributed by atoms with Gasteiger partial charge in [-0.15, -0.1) is 0 Å². The van der Waals surface area contributed by atoms with Crippen molar-refractivity contribution in [3.63, 3.8) is 0 Å². The van der Waals surface area contributed by atoms with Crippen molar-refractivity contribution in [1.29, 1.82) is 0 Å². The first-order valence-corrected chi connectivity index (χ1v) is 7.06. The van der Waals surface area contributed by atoms with Crippen molar-refractivity contribution in [3.8, 4) is 0 Å². The Morgan fingerprint density at radius 1 is 1.38 bits per heavy atom. The average molecular weight is 329 g/mol. The summed E-state index contributed by atoms with van der Waals surface area (Å²) >= 11 is 0. The standard InChI is InChI=1S/C13H13B2N3O6/c1-15(23)17-10-5-8(4-9(6-10)16-7-14-22)13(21)24-18-11(19)2-3-12(18)20/h4-7,17,23H,2-3H2,1H3. The molecule has 0 spiro atoms. The number of hydrogen-bond acceptors (Lipinski definition) is 8. The fraction of sp³-hybridized carbons (Fsp3) is 0.231. The molecular weight excluding hydrogens is 316 g/mol. The van der Waals surface area contributed by atoms with Crippen LogP contribution in [0.4, 0.5) is 11.4 Å². The summed E-state index contributed by atoms with van der Waals surface area (Å²) in [5.41, 5.74) is 0.585. The summed E-state index contributed by atoms with van der Waals surface area (Å²) < 4.78 is 10.4. The quantitative estimate of drug-likeness (QED) is 0.432. The normalized spacial score (nSPS) is 14.0. The van der Waals surface area contributed by atoms with E-state index in [9.17, 15) is 24.1 Å². The topological polar surface area (TPSA) is 125 Å². The summed E-state index contributed by atoms with van der Waals surface area (Å²) in [7, 11) is -0.435. The van der Waals surface area contributed by atoms with E-state index in [1.807, 2.05) is 0 Å².